The molecular weight excluding hydrogens is 368 g/mol. The fraction of sp³-hybridized carbons (Fsp3) is 0.0455. The van der Waals surface area contributed by atoms with Gasteiger partial charge in [0, 0.05) is 24.0 Å². The molecule has 0 heterocycles. The van der Waals surface area contributed by atoms with Crippen LogP contribution in [0.25, 0.3) is 0 Å². The number of carbonyl (C=O) groups excluding carboxylic acids is 3. The predicted octanol–water partition coefficient (Wildman–Crippen LogP) is 3.94. The maximum atomic E-state index is 12.5. The van der Waals surface area contributed by atoms with E-state index in [0.29, 0.717) is 28.2 Å². The third-order valence-electron chi connectivity index (χ3n) is 4.08. The number of para-hydroxylation sites is 2. The molecule has 3 rings (SSSR count). The summed E-state index contributed by atoms with van der Waals surface area (Å²) in [7, 11) is 1.53. The van der Waals surface area contributed by atoms with E-state index in [-0.39, 0.29) is 17.8 Å². The van der Waals surface area contributed by atoms with Crippen LogP contribution in [0.2, 0.25) is 0 Å². The summed E-state index contributed by atoms with van der Waals surface area (Å²) < 4.78 is 0. The van der Waals surface area contributed by atoms with Crippen molar-refractivity contribution in [2.24, 2.45) is 0 Å². The van der Waals surface area contributed by atoms with E-state index in [0.717, 1.165) is 0 Å². The lowest BCUT2D eigenvalue weighted by Crippen LogP contribution is -2.21. The lowest BCUT2D eigenvalue weighted by Gasteiger charge is -2.11. The Kier molecular flexibility index (Phi) is 6.22. The van der Waals surface area contributed by atoms with Crippen molar-refractivity contribution in [1.82, 2.24) is 5.32 Å². The van der Waals surface area contributed by atoms with Crippen molar-refractivity contribution in [2.45, 2.75) is 0 Å². The number of nitrogens with one attached hydrogen (secondary N) is 4. The summed E-state index contributed by atoms with van der Waals surface area (Å²) in [6, 6.07) is 21.9. The molecule has 4 amide bonds. The van der Waals surface area contributed by atoms with Crippen molar-refractivity contribution in [3.63, 3.8) is 0 Å². The molecule has 3 aromatic rings. The molecule has 0 aliphatic rings. The Balaban J connectivity index is 1.63. The van der Waals surface area contributed by atoms with E-state index in [9.17, 15) is 14.4 Å². The third kappa shape index (κ3) is 5.20. The molecule has 3 aromatic carbocycles. The molecule has 0 aliphatic heterocycles. The zero-order valence-electron chi connectivity index (χ0n) is 15.7. The van der Waals surface area contributed by atoms with Crippen LogP contribution in [0.5, 0.6) is 0 Å². The number of carbonyl (C=O) groups is 3. The van der Waals surface area contributed by atoms with Crippen molar-refractivity contribution >= 4 is 34.9 Å². The minimum Gasteiger partial charge on any atom is -0.355 e. The highest BCUT2D eigenvalue weighted by Gasteiger charge is 2.13. The van der Waals surface area contributed by atoms with Crippen LogP contribution >= 0.6 is 0 Å². The van der Waals surface area contributed by atoms with E-state index in [1.54, 1.807) is 60.7 Å². The van der Waals surface area contributed by atoms with Crippen LogP contribution < -0.4 is 21.3 Å². The van der Waals surface area contributed by atoms with Gasteiger partial charge in [-0.05, 0) is 48.5 Å². The molecule has 0 spiro atoms. The van der Waals surface area contributed by atoms with Gasteiger partial charge in [0.15, 0.2) is 0 Å². The van der Waals surface area contributed by atoms with Gasteiger partial charge in [-0.2, -0.15) is 0 Å². The van der Waals surface area contributed by atoms with Gasteiger partial charge in [-0.1, -0.05) is 30.3 Å². The highest BCUT2D eigenvalue weighted by molar-refractivity contribution is 6.09. The van der Waals surface area contributed by atoms with E-state index in [4.69, 9.17) is 0 Å². The third-order valence-corrected chi connectivity index (χ3v) is 4.08. The lowest BCUT2D eigenvalue weighted by atomic mass is 10.1. The topological polar surface area (TPSA) is 99.3 Å². The van der Waals surface area contributed by atoms with Gasteiger partial charge in [0.05, 0.1) is 11.3 Å². The smallest absolute Gasteiger partial charge is 0.323 e. The number of benzene rings is 3. The van der Waals surface area contributed by atoms with Gasteiger partial charge in [0.1, 0.15) is 0 Å². The zero-order valence-corrected chi connectivity index (χ0v) is 15.7. The standard InChI is InChI=1S/C22H20N4O3/c1-23-21(28)18-9-5-6-10-19(18)26-20(27)15-11-13-17(14-12-15)25-22(29)24-16-7-3-2-4-8-16/h2-14H,1H3,(H,23,28)(H,26,27)(H2,24,25,29). The van der Waals surface area contributed by atoms with E-state index >= 15 is 0 Å². The minimum atomic E-state index is -0.382. The van der Waals surface area contributed by atoms with E-state index in [1.165, 1.54) is 7.05 Å². The average molecular weight is 388 g/mol. The monoisotopic (exact) mass is 388 g/mol. The van der Waals surface area contributed by atoms with Crippen LogP contribution in [0.1, 0.15) is 20.7 Å². The van der Waals surface area contributed by atoms with Crippen LogP contribution in [0.15, 0.2) is 78.9 Å². The maximum absolute atomic E-state index is 12.5. The SMILES string of the molecule is CNC(=O)c1ccccc1NC(=O)c1ccc(NC(=O)Nc2ccccc2)cc1. The molecule has 7 heteroatoms. The summed E-state index contributed by atoms with van der Waals surface area (Å²) in [5.41, 5.74) is 2.41. The molecule has 0 radical (unpaired) electrons. The van der Waals surface area contributed by atoms with E-state index in [2.05, 4.69) is 21.3 Å². The Morgan fingerprint density at radius 2 is 1.21 bits per heavy atom. The van der Waals surface area contributed by atoms with Gasteiger partial charge in [0.25, 0.3) is 11.8 Å². The van der Waals surface area contributed by atoms with Gasteiger partial charge < -0.3 is 21.3 Å². The van der Waals surface area contributed by atoms with Crippen LogP contribution in [0, 0.1) is 0 Å². The van der Waals surface area contributed by atoms with Gasteiger partial charge in [-0.3, -0.25) is 9.59 Å². The Morgan fingerprint density at radius 1 is 0.621 bits per heavy atom. The Hall–Kier alpha value is -4.13. The predicted molar refractivity (Wildman–Crippen MR) is 113 cm³/mol. The van der Waals surface area contributed by atoms with Crippen molar-refractivity contribution in [1.29, 1.82) is 0 Å². The number of hydrogen-bond acceptors (Lipinski definition) is 3. The molecule has 0 aliphatic carbocycles. The quantitative estimate of drug-likeness (QED) is 0.533. The van der Waals surface area contributed by atoms with Crippen molar-refractivity contribution in [3.8, 4) is 0 Å². The van der Waals surface area contributed by atoms with Crippen molar-refractivity contribution in [2.75, 3.05) is 23.0 Å². The molecular formula is C22H20N4O3. The van der Waals surface area contributed by atoms with Crippen molar-refractivity contribution < 1.29 is 14.4 Å². The molecule has 0 unspecified atom stereocenters. The van der Waals surface area contributed by atoms with Crippen molar-refractivity contribution in [3.05, 3.63) is 90.0 Å². The molecule has 146 valence electrons. The number of urea groups is 1. The zero-order chi connectivity index (χ0) is 20.6. The largest absolute Gasteiger partial charge is 0.355 e. The molecule has 0 bridgehead atoms. The van der Waals surface area contributed by atoms with E-state index in [1.807, 2.05) is 18.2 Å². The molecule has 0 atom stereocenters. The average Bonchev–Trinajstić information content (AvgIpc) is 2.74. The second kappa shape index (κ2) is 9.18. The molecule has 0 fully saturated rings. The lowest BCUT2D eigenvalue weighted by molar-refractivity contribution is 0.0964. The molecule has 7 nitrogen and oxygen atoms in total. The Bertz CT molecular complexity index is 1020. The molecule has 0 saturated carbocycles. The van der Waals surface area contributed by atoms with Gasteiger partial charge in [-0.25, -0.2) is 4.79 Å². The summed E-state index contributed by atoms with van der Waals surface area (Å²) in [6.45, 7) is 0. The minimum absolute atomic E-state index is 0.287. The number of rotatable bonds is 5. The first-order valence-electron chi connectivity index (χ1n) is 8.92. The molecule has 4 N–H and O–H groups in total. The summed E-state index contributed by atoms with van der Waals surface area (Å²) in [4.78, 5) is 36.5. The second-order valence-corrected chi connectivity index (χ2v) is 6.10. The molecule has 29 heavy (non-hydrogen) atoms. The Morgan fingerprint density at radius 3 is 1.86 bits per heavy atom. The summed E-state index contributed by atoms with van der Waals surface area (Å²) in [5, 5.41) is 10.7. The van der Waals surface area contributed by atoms with Crippen LogP contribution in [-0.2, 0) is 0 Å². The fourth-order valence-electron chi connectivity index (χ4n) is 2.64. The van der Waals surface area contributed by atoms with Gasteiger partial charge in [0.2, 0.25) is 0 Å². The van der Waals surface area contributed by atoms with Gasteiger partial charge in [-0.15, -0.1) is 0 Å². The van der Waals surface area contributed by atoms with E-state index < -0.39 is 0 Å². The first kappa shape index (κ1) is 19.6. The van der Waals surface area contributed by atoms with Crippen LogP contribution in [-0.4, -0.2) is 24.9 Å². The Labute approximate surface area is 168 Å². The first-order chi connectivity index (χ1) is 14.1. The second-order valence-electron chi connectivity index (χ2n) is 6.10. The summed E-state index contributed by atoms with van der Waals surface area (Å²) >= 11 is 0. The van der Waals surface area contributed by atoms with Crippen LogP contribution in [0.3, 0.4) is 0 Å². The normalized spacial score (nSPS) is 9.97. The first-order valence-corrected chi connectivity index (χ1v) is 8.92. The van der Waals surface area contributed by atoms with Gasteiger partial charge >= 0.3 is 6.03 Å². The molecule has 0 saturated heterocycles. The number of hydrogen-bond donors (Lipinski definition) is 4. The fourth-order valence-corrected chi connectivity index (χ4v) is 2.64. The highest BCUT2D eigenvalue weighted by atomic mass is 16.2. The highest BCUT2D eigenvalue weighted by Crippen LogP contribution is 2.17. The summed E-state index contributed by atoms with van der Waals surface area (Å²) in [6.07, 6.45) is 0. The van der Waals surface area contributed by atoms with Crippen LogP contribution in [0.4, 0.5) is 21.9 Å². The summed E-state index contributed by atoms with van der Waals surface area (Å²) in [5.74, 6) is -0.647. The molecule has 0 aromatic heterocycles. The maximum Gasteiger partial charge on any atom is 0.323 e. The number of amides is 4. The number of anilines is 3.